The second kappa shape index (κ2) is 7.38. The van der Waals surface area contributed by atoms with Crippen molar-refractivity contribution in [2.24, 2.45) is 0 Å². The standard InChI is InChI=1S/C20H19ClN2O3S/c21-18-5-1-3-15-4-2-6-19(20(15)18)27(24,25)22-16-7-9-17(10-8-16)23-11-13-26-14-12-23/h1-10,22H,11-14H2. The van der Waals surface area contributed by atoms with Crippen LogP contribution in [-0.4, -0.2) is 34.7 Å². The van der Waals surface area contributed by atoms with E-state index in [4.69, 9.17) is 16.3 Å². The third-order valence-corrected chi connectivity index (χ3v) is 6.34. The number of fused-ring (bicyclic) bond motifs is 1. The molecule has 0 amide bonds. The molecule has 0 spiro atoms. The Bertz CT molecular complexity index is 1060. The number of rotatable bonds is 4. The van der Waals surface area contributed by atoms with Crippen LogP contribution >= 0.6 is 11.6 Å². The highest BCUT2D eigenvalue weighted by molar-refractivity contribution is 7.93. The molecular formula is C20H19ClN2O3S. The molecule has 1 fully saturated rings. The Morgan fingerprint density at radius 3 is 2.30 bits per heavy atom. The molecule has 0 unspecified atom stereocenters. The van der Waals surface area contributed by atoms with Crippen molar-refractivity contribution in [2.45, 2.75) is 4.90 Å². The van der Waals surface area contributed by atoms with E-state index in [0.717, 1.165) is 24.2 Å². The number of ether oxygens (including phenoxy) is 1. The Hall–Kier alpha value is -2.28. The molecule has 3 aromatic rings. The summed E-state index contributed by atoms with van der Waals surface area (Å²) in [6, 6.07) is 17.9. The number of nitrogens with one attached hydrogen (secondary N) is 1. The first-order chi connectivity index (χ1) is 13.0. The van der Waals surface area contributed by atoms with E-state index in [1.807, 2.05) is 24.3 Å². The topological polar surface area (TPSA) is 58.6 Å². The van der Waals surface area contributed by atoms with Crippen LogP contribution in [-0.2, 0) is 14.8 Å². The van der Waals surface area contributed by atoms with Crippen LogP contribution in [0.1, 0.15) is 0 Å². The van der Waals surface area contributed by atoms with Gasteiger partial charge in [0, 0.05) is 34.9 Å². The van der Waals surface area contributed by atoms with Crippen LogP contribution in [0, 0.1) is 0 Å². The summed E-state index contributed by atoms with van der Waals surface area (Å²) < 4.78 is 33.9. The lowest BCUT2D eigenvalue weighted by Gasteiger charge is -2.28. The molecule has 7 heteroatoms. The highest BCUT2D eigenvalue weighted by Crippen LogP contribution is 2.31. The van der Waals surface area contributed by atoms with Gasteiger partial charge in [-0.05, 0) is 41.8 Å². The number of hydrogen-bond acceptors (Lipinski definition) is 4. The largest absolute Gasteiger partial charge is 0.378 e. The second-order valence-electron chi connectivity index (χ2n) is 6.35. The molecule has 0 bridgehead atoms. The maximum atomic E-state index is 13.0. The average Bonchev–Trinajstić information content (AvgIpc) is 2.69. The van der Waals surface area contributed by atoms with Crippen molar-refractivity contribution in [1.82, 2.24) is 0 Å². The maximum absolute atomic E-state index is 13.0. The highest BCUT2D eigenvalue weighted by Gasteiger charge is 2.19. The summed E-state index contributed by atoms with van der Waals surface area (Å²) in [4.78, 5) is 2.38. The Labute approximate surface area is 163 Å². The van der Waals surface area contributed by atoms with Gasteiger partial charge in [0.25, 0.3) is 10.0 Å². The summed E-state index contributed by atoms with van der Waals surface area (Å²) in [6.07, 6.45) is 0. The van der Waals surface area contributed by atoms with Crippen molar-refractivity contribution < 1.29 is 13.2 Å². The summed E-state index contributed by atoms with van der Waals surface area (Å²) in [7, 11) is -3.77. The number of anilines is 2. The molecule has 27 heavy (non-hydrogen) atoms. The van der Waals surface area contributed by atoms with Crippen molar-refractivity contribution in [1.29, 1.82) is 0 Å². The molecule has 1 N–H and O–H groups in total. The van der Waals surface area contributed by atoms with Gasteiger partial charge in [-0.25, -0.2) is 8.42 Å². The number of nitrogens with zero attached hydrogens (tertiary/aromatic N) is 1. The molecule has 1 heterocycles. The van der Waals surface area contributed by atoms with Crippen molar-refractivity contribution in [3.63, 3.8) is 0 Å². The third kappa shape index (κ3) is 3.74. The van der Waals surface area contributed by atoms with Gasteiger partial charge in [0.15, 0.2) is 0 Å². The lowest BCUT2D eigenvalue weighted by Crippen LogP contribution is -2.36. The molecule has 5 nitrogen and oxygen atoms in total. The third-order valence-electron chi connectivity index (χ3n) is 4.60. The molecule has 0 atom stereocenters. The number of hydrogen-bond donors (Lipinski definition) is 1. The minimum Gasteiger partial charge on any atom is -0.378 e. The smallest absolute Gasteiger partial charge is 0.262 e. The molecule has 140 valence electrons. The average molecular weight is 403 g/mol. The molecule has 1 saturated heterocycles. The summed E-state index contributed by atoms with van der Waals surface area (Å²) in [5, 5.41) is 1.73. The number of halogens is 1. The van der Waals surface area contributed by atoms with Crippen LogP contribution in [0.25, 0.3) is 10.8 Å². The summed E-state index contributed by atoms with van der Waals surface area (Å²) in [6.45, 7) is 3.07. The Balaban J connectivity index is 1.62. The van der Waals surface area contributed by atoms with E-state index >= 15 is 0 Å². The Kier molecular flexibility index (Phi) is 4.95. The van der Waals surface area contributed by atoms with Crippen molar-refractivity contribution in [3.05, 3.63) is 65.7 Å². The van der Waals surface area contributed by atoms with Gasteiger partial charge in [-0.1, -0.05) is 35.9 Å². The van der Waals surface area contributed by atoms with Crippen LogP contribution in [0.2, 0.25) is 5.02 Å². The summed E-state index contributed by atoms with van der Waals surface area (Å²) >= 11 is 6.27. The zero-order valence-corrected chi connectivity index (χ0v) is 16.1. The molecule has 0 aliphatic carbocycles. The molecule has 1 aliphatic heterocycles. The lowest BCUT2D eigenvalue weighted by atomic mass is 10.1. The first-order valence-corrected chi connectivity index (χ1v) is 10.5. The van der Waals surface area contributed by atoms with E-state index in [1.165, 1.54) is 0 Å². The summed E-state index contributed by atoms with van der Waals surface area (Å²) in [5.74, 6) is 0. The predicted molar refractivity (Wildman–Crippen MR) is 109 cm³/mol. The number of benzene rings is 3. The van der Waals surface area contributed by atoms with Crippen molar-refractivity contribution in [3.8, 4) is 0 Å². The van der Waals surface area contributed by atoms with Gasteiger partial charge in [-0.2, -0.15) is 0 Å². The van der Waals surface area contributed by atoms with Crippen LogP contribution in [0.4, 0.5) is 11.4 Å². The van der Waals surface area contributed by atoms with E-state index in [-0.39, 0.29) is 4.90 Å². The Morgan fingerprint density at radius 2 is 1.59 bits per heavy atom. The Morgan fingerprint density at radius 1 is 0.926 bits per heavy atom. The molecule has 0 aromatic heterocycles. The van der Waals surface area contributed by atoms with Crippen molar-refractivity contribution >= 4 is 43.8 Å². The van der Waals surface area contributed by atoms with Crippen LogP contribution in [0.3, 0.4) is 0 Å². The van der Waals surface area contributed by atoms with Gasteiger partial charge in [-0.15, -0.1) is 0 Å². The van der Waals surface area contributed by atoms with Gasteiger partial charge in [-0.3, -0.25) is 4.72 Å². The zero-order valence-electron chi connectivity index (χ0n) is 14.6. The van der Waals surface area contributed by atoms with Crippen molar-refractivity contribution in [2.75, 3.05) is 35.9 Å². The van der Waals surface area contributed by atoms with Crippen LogP contribution < -0.4 is 9.62 Å². The first-order valence-electron chi connectivity index (χ1n) is 8.67. The normalized spacial score (nSPS) is 15.1. The lowest BCUT2D eigenvalue weighted by molar-refractivity contribution is 0.122. The zero-order chi connectivity index (χ0) is 18.9. The fraction of sp³-hybridized carbons (Fsp3) is 0.200. The molecule has 0 saturated carbocycles. The van der Waals surface area contributed by atoms with E-state index in [9.17, 15) is 8.42 Å². The molecule has 0 radical (unpaired) electrons. The predicted octanol–water partition coefficient (Wildman–Crippen LogP) is 4.13. The van der Waals surface area contributed by atoms with Gasteiger partial charge in [0.05, 0.1) is 18.1 Å². The SMILES string of the molecule is O=S(=O)(Nc1ccc(N2CCOCC2)cc1)c1cccc2cccc(Cl)c12. The molecule has 3 aromatic carbocycles. The van der Waals surface area contributed by atoms with Gasteiger partial charge in [0.2, 0.25) is 0 Å². The number of morpholine rings is 1. The minimum atomic E-state index is -3.77. The fourth-order valence-electron chi connectivity index (χ4n) is 3.26. The van der Waals surface area contributed by atoms with Gasteiger partial charge in [0.1, 0.15) is 0 Å². The summed E-state index contributed by atoms with van der Waals surface area (Å²) in [5.41, 5.74) is 1.56. The fourth-order valence-corrected chi connectivity index (χ4v) is 4.91. The van der Waals surface area contributed by atoms with E-state index < -0.39 is 10.0 Å². The second-order valence-corrected chi connectivity index (χ2v) is 8.40. The molecule has 4 rings (SSSR count). The van der Waals surface area contributed by atoms with E-state index in [2.05, 4.69) is 9.62 Å². The minimum absolute atomic E-state index is 0.169. The quantitative estimate of drug-likeness (QED) is 0.712. The van der Waals surface area contributed by atoms with Gasteiger partial charge >= 0.3 is 0 Å². The molecule has 1 aliphatic rings. The monoisotopic (exact) mass is 402 g/mol. The maximum Gasteiger partial charge on any atom is 0.262 e. The van der Waals surface area contributed by atoms with Gasteiger partial charge < -0.3 is 9.64 Å². The van der Waals surface area contributed by atoms with Crippen LogP contribution in [0.15, 0.2) is 65.6 Å². The van der Waals surface area contributed by atoms with Crippen LogP contribution in [0.5, 0.6) is 0 Å². The first kappa shape index (κ1) is 18.1. The van der Waals surface area contributed by atoms with E-state index in [0.29, 0.717) is 29.3 Å². The number of sulfonamides is 1. The van der Waals surface area contributed by atoms with E-state index in [1.54, 1.807) is 36.4 Å². The molecular weight excluding hydrogens is 384 g/mol. The highest BCUT2D eigenvalue weighted by atomic mass is 35.5.